The Bertz CT molecular complexity index is 1660. The largest absolute Gasteiger partial charge is 0.507 e. The van der Waals surface area contributed by atoms with Gasteiger partial charge in [0.2, 0.25) is 5.78 Å². The minimum absolute atomic E-state index is 0.0314. The van der Waals surface area contributed by atoms with Crippen LogP contribution in [0.3, 0.4) is 0 Å². The normalized spacial score (nSPS) is 32.5. The molecule has 3 aliphatic heterocycles. The summed E-state index contributed by atoms with van der Waals surface area (Å²) < 4.78 is 35.5. The van der Waals surface area contributed by atoms with Crippen LogP contribution in [0, 0.1) is 0 Å². The molecule has 2 aliphatic carbocycles. The maximum Gasteiger partial charge on any atom is 0.252 e. The third-order valence-corrected chi connectivity index (χ3v) is 10.0. The van der Waals surface area contributed by atoms with Crippen molar-refractivity contribution in [3.8, 4) is 17.2 Å². The van der Waals surface area contributed by atoms with Crippen LogP contribution in [0.25, 0.3) is 0 Å². The van der Waals surface area contributed by atoms with Crippen molar-refractivity contribution in [3.05, 3.63) is 51.6 Å². The molecule has 1 amide bonds. The first-order valence-electron chi connectivity index (χ1n) is 15.9. The Morgan fingerprint density at radius 1 is 1.10 bits per heavy atom. The number of benzene rings is 2. The summed E-state index contributed by atoms with van der Waals surface area (Å²) in [5.74, 6) is -3.49. The first kappa shape index (κ1) is 32.9. The van der Waals surface area contributed by atoms with Gasteiger partial charge < -0.3 is 54.2 Å². The molecule has 3 heterocycles. The number of hydrogen-bond donors (Lipinski definition) is 5. The molecule has 3 saturated heterocycles. The lowest BCUT2D eigenvalue weighted by Gasteiger charge is -2.43. The number of nitrogens with one attached hydrogen (secondary N) is 1. The van der Waals surface area contributed by atoms with Crippen LogP contribution < -0.4 is 10.1 Å². The number of phenols is 2. The highest BCUT2D eigenvalue weighted by molar-refractivity contribution is 6.31. The van der Waals surface area contributed by atoms with Gasteiger partial charge in [-0.15, -0.1) is 0 Å². The maximum atomic E-state index is 13.9. The number of nitrogens with zero attached hydrogens (tertiary/aromatic N) is 1. The summed E-state index contributed by atoms with van der Waals surface area (Å²) in [5, 5.41) is 47.0. The van der Waals surface area contributed by atoms with E-state index in [9.17, 15) is 34.8 Å². The van der Waals surface area contributed by atoms with Crippen LogP contribution in [0.5, 0.6) is 17.2 Å². The summed E-state index contributed by atoms with van der Waals surface area (Å²) in [6.45, 7) is 2.29. The lowest BCUT2D eigenvalue weighted by molar-refractivity contribution is -0.256. The second kappa shape index (κ2) is 12.3. The molecule has 15 nitrogen and oxygen atoms in total. The van der Waals surface area contributed by atoms with Crippen molar-refractivity contribution in [1.29, 1.82) is 0 Å². The Morgan fingerprint density at radius 2 is 1.88 bits per heavy atom. The van der Waals surface area contributed by atoms with Crippen molar-refractivity contribution in [2.45, 2.75) is 74.9 Å². The number of carbonyl (C=O) groups excluding carboxylic acids is 3. The Labute approximate surface area is 275 Å². The van der Waals surface area contributed by atoms with Gasteiger partial charge in [-0.25, -0.2) is 0 Å². The van der Waals surface area contributed by atoms with Crippen LogP contribution in [0.15, 0.2) is 18.2 Å². The molecule has 0 bridgehead atoms. The minimum atomic E-state index is -2.20. The van der Waals surface area contributed by atoms with E-state index >= 15 is 0 Å². The van der Waals surface area contributed by atoms with Crippen LogP contribution in [-0.2, 0) is 34.9 Å². The SMILES string of the molecule is COc1cccc2c1C(=O)c1c(O)c3c(c(O)c1C2=O)C[C@@](O)(C(=O)NCCO)C[C@@H]3O[C@H]1C[C@H]2[C@H](O[C@@H]3[C@@H](OC)OCCN32)[C@H](C)O1. The zero-order valence-electron chi connectivity index (χ0n) is 26.6. The highest BCUT2D eigenvalue weighted by Crippen LogP contribution is 2.53. The molecule has 0 unspecified atom stereocenters. The monoisotopic (exact) mass is 670 g/mol. The smallest absolute Gasteiger partial charge is 0.252 e. The third-order valence-electron chi connectivity index (χ3n) is 10.0. The number of rotatable bonds is 7. The van der Waals surface area contributed by atoms with Gasteiger partial charge in [0.15, 0.2) is 24.6 Å². The minimum Gasteiger partial charge on any atom is -0.507 e. The van der Waals surface area contributed by atoms with Crippen LogP contribution >= 0.6 is 0 Å². The van der Waals surface area contributed by atoms with E-state index in [1.165, 1.54) is 32.4 Å². The summed E-state index contributed by atoms with van der Waals surface area (Å²) in [6.07, 6.45) is -4.73. The summed E-state index contributed by atoms with van der Waals surface area (Å²) in [5.41, 5.74) is -3.35. The molecule has 8 atom stereocenters. The molecule has 7 rings (SSSR count). The first-order chi connectivity index (χ1) is 23.0. The van der Waals surface area contributed by atoms with Crippen molar-refractivity contribution < 1.29 is 63.2 Å². The maximum absolute atomic E-state index is 13.9. The number of morpholine rings is 1. The fourth-order valence-electron chi connectivity index (χ4n) is 7.84. The molecule has 5 N–H and O–H groups in total. The van der Waals surface area contributed by atoms with E-state index in [2.05, 4.69) is 10.2 Å². The molecule has 5 aliphatic rings. The number of aromatic hydroxyl groups is 2. The summed E-state index contributed by atoms with van der Waals surface area (Å²) >= 11 is 0. The number of aliphatic hydroxyl groups is 2. The standard InChI is InChI=1S/C33H38N2O13/c1-14-29-17(35-8-10-45-31(44-3)30(35)48-29)11-20(46-14)47-19-13-33(42,32(41)34-7-9-36)12-16-22(19)28(40)24-23(26(16)38)25(37)15-5-4-6-18(43-2)21(15)27(24)39/h4-6,14,17,19-20,29-31,36,38,40,42H,7-13H2,1-3H3,(H,34,41)/t14-,17-,19-,20-,29+,30+,31-,33-/m0/s1. The summed E-state index contributed by atoms with van der Waals surface area (Å²) in [7, 11) is 2.89. The Hall–Kier alpha value is -3.67. The van der Waals surface area contributed by atoms with Gasteiger partial charge in [0.05, 0.1) is 49.2 Å². The van der Waals surface area contributed by atoms with Gasteiger partial charge in [-0.3, -0.25) is 19.3 Å². The van der Waals surface area contributed by atoms with Crippen LogP contribution in [-0.4, -0.2) is 126 Å². The van der Waals surface area contributed by atoms with Gasteiger partial charge in [-0.2, -0.15) is 0 Å². The van der Waals surface area contributed by atoms with E-state index in [0.717, 1.165) is 0 Å². The molecule has 0 radical (unpaired) electrons. The van der Waals surface area contributed by atoms with Crippen LogP contribution in [0.4, 0.5) is 0 Å². The number of hydrogen-bond acceptors (Lipinski definition) is 14. The molecule has 0 aromatic heterocycles. The molecule has 3 fully saturated rings. The molecule has 0 saturated carbocycles. The van der Waals surface area contributed by atoms with E-state index in [1.807, 2.05) is 6.92 Å². The van der Waals surface area contributed by atoms with Crippen molar-refractivity contribution in [3.63, 3.8) is 0 Å². The highest BCUT2D eigenvalue weighted by Gasteiger charge is 2.55. The molecule has 15 heteroatoms. The number of aliphatic hydroxyl groups excluding tert-OH is 1. The van der Waals surface area contributed by atoms with Crippen LogP contribution in [0.2, 0.25) is 0 Å². The van der Waals surface area contributed by atoms with E-state index in [1.54, 1.807) is 0 Å². The number of amides is 1. The van der Waals surface area contributed by atoms with Crippen molar-refractivity contribution in [2.75, 3.05) is 40.5 Å². The fourth-order valence-corrected chi connectivity index (χ4v) is 7.84. The quantitative estimate of drug-likeness (QED) is 0.214. The second-order valence-electron chi connectivity index (χ2n) is 12.7. The predicted octanol–water partition coefficient (Wildman–Crippen LogP) is 0.258. The number of ketones is 2. The van der Waals surface area contributed by atoms with Gasteiger partial charge >= 0.3 is 0 Å². The van der Waals surface area contributed by atoms with Crippen molar-refractivity contribution in [1.82, 2.24) is 10.2 Å². The summed E-state index contributed by atoms with van der Waals surface area (Å²) in [6, 6.07) is 4.28. The topological polar surface area (TPSA) is 203 Å². The zero-order chi connectivity index (χ0) is 34.1. The van der Waals surface area contributed by atoms with E-state index in [4.69, 9.17) is 28.4 Å². The molecule has 48 heavy (non-hydrogen) atoms. The molecular weight excluding hydrogens is 632 g/mol. The Kier molecular flexibility index (Phi) is 8.44. The lowest BCUT2D eigenvalue weighted by atomic mass is 9.72. The van der Waals surface area contributed by atoms with Crippen molar-refractivity contribution >= 4 is 17.5 Å². The van der Waals surface area contributed by atoms with Crippen LogP contribution in [0.1, 0.15) is 68.8 Å². The number of ether oxygens (including phenoxy) is 6. The molecule has 0 spiro atoms. The number of methoxy groups -OCH3 is 2. The van der Waals surface area contributed by atoms with E-state index in [0.29, 0.717) is 19.6 Å². The molecule has 2 aromatic carbocycles. The Morgan fingerprint density at radius 3 is 2.60 bits per heavy atom. The fraction of sp³-hybridized carbons (Fsp3) is 0.545. The molecule has 2 aromatic rings. The highest BCUT2D eigenvalue weighted by atomic mass is 16.7. The van der Waals surface area contributed by atoms with Crippen molar-refractivity contribution in [2.24, 2.45) is 0 Å². The van der Waals surface area contributed by atoms with E-state index < -0.39 is 89.6 Å². The van der Waals surface area contributed by atoms with Gasteiger partial charge in [-0.1, -0.05) is 12.1 Å². The lowest BCUT2D eigenvalue weighted by Crippen LogP contribution is -2.55. The molecule has 258 valence electrons. The zero-order valence-corrected chi connectivity index (χ0v) is 26.6. The van der Waals surface area contributed by atoms with E-state index in [-0.39, 0.29) is 53.3 Å². The molecular formula is C33H38N2O13. The van der Waals surface area contributed by atoms with Gasteiger partial charge in [0.25, 0.3) is 5.91 Å². The average molecular weight is 671 g/mol. The first-order valence-corrected chi connectivity index (χ1v) is 15.9. The van der Waals surface area contributed by atoms with Gasteiger partial charge in [0, 0.05) is 62.2 Å². The van der Waals surface area contributed by atoms with Gasteiger partial charge in [-0.05, 0) is 13.0 Å². The number of fused-ring (bicyclic) bond motifs is 6. The number of phenolic OH excluding ortho intramolecular Hbond substituents is 2. The third kappa shape index (κ3) is 4.99. The predicted molar refractivity (Wildman–Crippen MR) is 162 cm³/mol. The second-order valence-corrected chi connectivity index (χ2v) is 12.7. The summed E-state index contributed by atoms with van der Waals surface area (Å²) in [4.78, 5) is 43.2. The van der Waals surface area contributed by atoms with Gasteiger partial charge in [0.1, 0.15) is 29.0 Å². The number of carbonyl (C=O) groups is 3. The average Bonchev–Trinajstić information content (AvgIpc) is 3.46. The Balaban J connectivity index is 1.29.